The third-order valence-electron chi connectivity index (χ3n) is 3.53. The van der Waals surface area contributed by atoms with E-state index in [1.54, 1.807) is 12.3 Å². The molecule has 0 saturated heterocycles. The maximum absolute atomic E-state index is 12.9. The first kappa shape index (κ1) is 15.9. The van der Waals surface area contributed by atoms with Crippen molar-refractivity contribution in [2.45, 2.75) is 26.8 Å². The molecular formula is C17H17FN4O2. The molecule has 0 aliphatic heterocycles. The average Bonchev–Trinajstić information content (AvgIpc) is 2.89. The molecule has 0 aliphatic rings. The summed E-state index contributed by atoms with van der Waals surface area (Å²) in [6.07, 6.45) is 1.59. The van der Waals surface area contributed by atoms with Crippen molar-refractivity contribution >= 4 is 5.95 Å². The summed E-state index contributed by atoms with van der Waals surface area (Å²) in [5.41, 5.74) is 1.80. The second kappa shape index (κ2) is 6.66. The molecule has 1 atom stereocenters. The Bertz CT molecular complexity index is 813. The monoisotopic (exact) mass is 328 g/mol. The number of nitrogens with zero attached hydrogens (tertiary/aromatic N) is 3. The van der Waals surface area contributed by atoms with Crippen LogP contribution in [0.15, 0.2) is 41.1 Å². The van der Waals surface area contributed by atoms with E-state index in [0.29, 0.717) is 17.6 Å². The smallest absolute Gasteiger partial charge is 0.226 e. The van der Waals surface area contributed by atoms with Crippen molar-refractivity contribution in [3.05, 3.63) is 59.4 Å². The van der Waals surface area contributed by atoms with Crippen LogP contribution in [-0.2, 0) is 0 Å². The highest BCUT2D eigenvalue weighted by Gasteiger charge is 2.17. The first-order valence-electron chi connectivity index (χ1n) is 7.48. The van der Waals surface area contributed by atoms with Gasteiger partial charge in [-0.1, -0.05) is 5.16 Å². The van der Waals surface area contributed by atoms with Gasteiger partial charge in [0.05, 0.1) is 11.7 Å². The molecule has 0 fully saturated rings. The lowest BCUT2D eigenvalue weighted by atomic mass is 10.1. The molecule has 3 rings (SSSR count). The fourth-order valence-corrected chi connectivity index (χ4v) is 2.47. The lowest BCUT2D eigenvalue weighted by Crippen LogP contribution is -2.11. The van der Waals surface area contributed by atoms with E-state index in [0.717, 1.165) is 17.0 Å². The second-order valence-electron chi connectivity index (χ2n) is 5.38. The molecule has 1 aromatic carbocycles. The minimum atomic E-state index is -0.319. The molecule has 2 heterocycles. The molecule has 0 bridgehead atoms. The SMILES string of the molecule is Cc1noc(C)c1[C@@H](C)Nc1nccc(Oc2ccc(F)cc2)n1. The minimum absolute atomic E-state index is 0.0719. The molecular weight excluding hydrogens is 311 g/mol. The van der Waals surface area contributed by atoms with Crippen LogP contribution in [-0.4, -0.2) is 15.1 Å². The zero-order chi connectivity index (χ0) is 17.1. The number of benzene rings is 1. The molecule has 0 unspecified atom stereocenters. The summed E-state index contributed by atoms with van der Waals surface area (Å²) >= 11 is 0. The van der Waals surface area contributed by atoms with E-state index < -0.39 is 0 Å². The van der Waals surface area contributed by atoms with Crippen LogP contribution in [0, 0.1) is 19.7 Å². The highest BCUT2D eigenvalue weighted by atomic mass is 19.1. The summed E-state index contributed by atoms with van der Waals surface area (Å²) in [5.74, 6) is 1.72. The van der Waals surface area contributed by atoms with Gasteiger partial charge in [0.1, 0.15) is 17.3 Å². The Morgan fingerprint density at radius 1 is 1.17 bits per heavy atom. The zero-order valence-corrected chi connectivity index (χ0v) is 13.6. The Morgan fingerprint density at radius 3 is 2.58 bits per heavy atom. The van der Waals surface area contributed by atoms with E-state index in [-0.39, 0.29) is 11.9 Å². The summed E-state index contributed by atoms with van der Waals surface area (Å²) < 4.78 is 23.7. The van der Waals surface area contributed by atoms with E-state index in [4.69, 9.17) is 9.26 Å². The van der Waals surface area contributed by atoms with Crippen LogP contribution < -0.4 is 10.1 Å². The molecule has 24 heavy (non-hydrogen) atoms. The third-order valence-corrected chi connectivity index (χ3v) is 3.53. The van der Waals surface area contributed by atoms with Crippen molar-refractivity contribution in [2.24, 2.45) is 0 Å². The van der Waals surface area contributed by atoms with Gasteiger partial charge in [-0.15, -0.1) is 0 Å². The molecule has 2 aromatic heterocycles. The molecule has 3 aromatic rings. The van der Waals surface area contributed by atoms with Gasteiger partial charge < -0.3 is 14.6 Å². The van der Waals surface area contributed by atoms with Crippen LogP contribution in [0.5, 0.6) is 11.6 Å². The van der Waals surface area contributed by atoms with Gasteiger partial charge in [0.2, 0.25) is 11.8 Å². The van der Waals surface area contributed by atoms with Gasteiger partial charge in [-0.3, -0.25) is 0 Å². The lowest BCUT2D eigenvalue weighted by molar-refractivity contribution is 0.392. The molecule has 124 valence electrons. The fourth-order valence-electron chi connectivity index (χ4n) is 2.47. The van der Waals surface area contributed by atoms with Crippen LogP contribution in [0.25, 0.3) is 0 Å². The molecule has 7 heteroatoms. The predicted octanol–water partition coefficient (Wildman–Crippen LogP) is 4.19. The number of ether oxygens (including phenoxy) is 1. The number of anilines is 1. The fraction of sp³-hybridized carbons (Fsp3) is 0.235. The van der Waals surface area contributed by atoms with E-state index in [1.807, 2.05) is 20.8 Å². The van der Waals surface area contributed by atoms with Crippen molar-refractivity contribution in [2.75, 3.05) is 5.32 Å². The summed E-state index contributed by atoms with van der Waals surface area (Å²) in [6.45, 7) is 5.73. The largest absolute Gasteiger partial charge is 0.439 e. The number of aromatic nitrogens is 3. The first-order valence-corrected chi connectivity index (χ1v) is 7.48. The first-order chi connectivity index (χ1) is 11.5. The third kappa shape index (κ3) is 3.51. The number of hydrogen-bond acceptors (Lipinski definition) is 6. The number of aryl methyl sites for hydroxylation is 2. The van der Waals surface area contributed by atoms with Gasteiger partial charge in [0.25, 0.3) is 0 Å². The second-order valence-corrected chi connectivity index (χ2v) is 5.38. The molecule has 0 spiro atoms. The number of halogens is 1. The van der Waals surface area contributed by atoms with Gasteiger partial charge in [0.15, 0.2) is 0 Å². The van der Waals surface area contributed by atoms with Gasteiger partial charge in [-0.2, -0.15) is 4.98 Å². The van der Waals surface area contributed by atoms with E-state index in [1.165, 1.54) is 24.3 Å². The van der Waals surface area contributed by atoms with Crippen molar-refractivity contribution in [3.63, 3.8) is 0 Å². The van der Waals surface area contributed by atoms with E-state index in [9.17, 15) is 4.39 Å². The molecule has 0 aliphatic carbocycles. The number of rotatable bonds is 5. The van der Waals surface area contributed by atoms with Gasteiger partial charge in [0, 0.05) is 17.8 Å². The zero-order valence-electron chi connectivity index (χ0n) is 13.6. The Hall–Kier alpha value is -2.96. The van der Waals surface area contributed by atoms with Crippen molar-refractivity contribution in [1.82, 2.24) is 15.1 Å². The van der Waals surface area contributed by atoms with Crippen LogP contribution in [0.2, 0.25) is 0 Å². The quantitative estimate of drug-likeness (QED) is 0.757. The van der Waals surface area contributed by atoms with Crippen molar-refractivity contribution in [3.8, 4) is 11.6 Å². The van der Waals surface area contributed by atoms with Gasteiger partial charge in [-0.25, -0.2) is 9.37 Å². The maximum atomic E-state index is 12.9. The highest BCUT2D eigenvalue weighted by Crippen LogP contribution is 2.25. The molecule has 0 saturated carbocycles. The Balaban J connectivity index is 1.74. The summed E-state index contributed by atoms with van der Waals surface area (Å²) in [5, 5.41) is 7.15. The molecule has 1 N–H and O–H groups in total. The van der Waals surface area contributed by atoms with Crippen LogP contribution in [0.4, 0.5) is 10.3 Å². The number of hydrogen-bond donors (Lipinski definition) is 1. The minimum Gasteiger partial charge on any atom is -0.439 e. The van der Waals surface area contributed by atoms with Crippen molar-refractivity contribution < 1.29 is 13.7 Å². The summed E-state index contributed by atoms with van der Waals surface area (Å²) in [6, 6.07) is 7.30. The Kier molecular flexibility index (Phi) is 4.41. The Morgan fingerprint density at radius 2 is 1.92 bits per heavy atom. The summed E-state index contributed by atoms with van der Waals surface area (Å²) in [7, 11) is 0. The van der Waals surface area contributed by atoms with Gasteiger partial charge in [-0.05, 0) is 45.0 Å². The average molecular weight is 328 g/mol. The molecule has 0 radical (unpaired) electrons. The lowest BCUT2D eigenvalue weighted by Gasteiger charge is -2.14. The maximum Gasteiger partial charge on any atom is 0.226 e. The highest BCUT2D eigenvalue weighted by molar-refractivity contribution is 5.36. The molecule has 6 nitrogen and oxygen atoms in total. The topological polar surface area (TPSA) is 73.1 Å². The van der Waals surface area contributed by atoms with Gasteiger partial charge >= 0.3 is 0 Å². The Labute approximate surface area is 138 Å². The predicted molar refractivity (Wildman–Crippen MR) is 86.5 cm³/mol. The van der Waals surface area contributed by atoms with Crippen LogP contribution in [0.3, 0.4) is 0 Å². The summed E-state index contributed by atoms with van der Waals surface area (Å²) in [4.78, 5) is 8.50. The normalized spacial score (nSPS) is 12.0. The van der Waals surface area contributed by atoms with E-state index in [2.05, 4.69) is 20.4 Å². The van der Waals surface area contributed by atoms with Crippen molar-refractivity contribution in [1.29, 1.82) is 0 Å². The van der Waals surface area contributed by atoms with Crippen LogP contribution in [0.1, 0.15) is 30.0 Å². The number of nitrogens with one attached hydrogen (secondary N) is 1. The standard InChI is InChI=1S/C17H17FN4O2/c1-10(16-11(2)22-24-12(16)3)20-17-19-9-8-15(21-17)23-14-6-4-13(18)5-7-14/h4-10H,1-3H3,(H,19,20,21)/t10-/m1/s1. The van der Waals surface area contributed by atoms with E-state index >= 15 is 0 Å². The molecule has 0 amide bonds. The van der Waals surface area contributed by atoms with Crippen LogP contribution >= 0.6 is 0 Å².